The maximum absolute atomic E-state index is 14.5. The van der Waals surface area contributed by atoms with Gasteiger partial charge in [-0.25, -0.2) is 17.8 Å². The molecule has 4 aromatic rings. The quantitative estimate of drug-likeness (QED) is 0.312. The summed E-state index contributed by atoms with van der Waals surface area (Å²) >= 11 is 5.94. The summed E-state index contributed by atoms with van der Waals surface area (Å²) in [5, 5.41) is 0.448. The zero-order chi connectivity index (χ0) is 26.0. The lowest BCUT2D eigenvalue weighted by Crippen LogP contribution is -2.37. The highest BCUT2D eigenvalue weighted by atomic mass is 35.5. The van der Waals surface area contributed by atoms with Crippen LogP contribution >= 0.6 is 11.6 Å². The number of anilines is 1. The molecule has 0 aliphatic carbocycles. The summed E-state index contributed by atoms with van der Waals surface area (Å²) in [6.07, 6.45) is 0.352. The summed E-state index contributed by atoms with van der Waals surface area (Å²) < 4.78 is 48.5. The summed E-state index contributed by atoms with van der Waals surface area (Å²) in [4.78, 5) is 11.4. The van der Waals surface area contributed by atoms with E-state index in [2.05, 4.69) is 4.98 Å². The first kappa shape index (κ1) is 25.1. The molecule has 3 aromatic carbocycles. The average molecular weight is 539 g/mol. The van der Waals surface area contributed by atoms with Gasteiger partial charge < -0.3 is 9.64 Å². The number of halogens is 2. The van der Waals surface area contributed by atoms with Gasteiger partial charge in [0.2, 0.25) is 21.9 Å². The van der Waals surface area contributed by atoms with Crippen LogP contribution in [-0.2, 0) is 29.5 Å². The Morgan fingerprint density at radius 2 is 1.70 bits per heavy atom. The number of fused-ring (bicyclic) bond motifs is 1. The van der Waals surface area contributed by atoms with E-state index in [-0.39, 0.29) is 29.6 Å². The molecule has 0 atom stereocenters. The molecular weight excluding hydrogens is 515 g/mol. The SMILES string of the molecule is CN(Cc1ccccc1)c1nc2c(c(Oc3ccccc3F)n1)CN(S(=O)(=O)c1ccc(Cl)cc1)CC2. The Morgan fingerprint density at radius 3 is 2.43 bits per heavy atom. The van der Waals surface area contributed by atoms with Crippen molar-refractivity contribution in [2.45, 2.75) is 24.4 Å². The third-order valence-corrected chi connectivity index (χ3v) is 8.19. The van der Waals surface area contributed by atoms with Crippen LogP contribution in [0, 0.1) is 5.82 Å². The summed E-state index contributed by atoms with van der Waals surface area (Å²) in [6, 6.07) is 21.9. The highest BCUT2D eigenvalue weighted by Crippen LogP contribution is 2.34. The minimum Gasteiger partial charge on any atom is -0.435 e. The lowest BCUT2D eigenvalue weighted by molar-refractivity contribution is 0.364. The fourth-order valence-electron chi connectivity index (χ4n) is 4.12. The molecular formula is C27H24ClFN4O3S. The summed E-state index contributed by atoms with van der Waals surface area (Å²) in [5.74, 6) is -0.0165. The number of aromatic nitrogens is 2. The Labute approximate surface area is 220 Å². The first-order valence-electron chi connectivity index (χ1n) is 11.6. The molecule has 10 heteroatoms. The van der Waals surface area contributed by atoms with Crippen molar-refractivity contribution in [1.82, 2.24) is 14.3 Å². The highest BCUT2D eigenvalue weighted by molar-refractivity contribution is 7.89. The van der Waals surface area contributed by atoms with Crippen molar-refractivity contribution in [3.05, 3.63) is 107 Å². The van der Waals surface area contributed by atoms with Crippen molar-refractivity contribution in [2.75, 3.05) is 18.5 Å². The van der Waals surface area contributed by atoms with E-state index in [9.17, 15) is 12.8 Å². The molecule has 190 valence electrons. The molecule has 37 heavy (non-hydrogen) atoms. The van der Waals surface area contributed by atoms with Crippen molar-refractivity contribution in [3.63, 3.8) is 0 Å². The van der Waals surface area contributed by atoms with Crippen LogP contribution in [0.25, 0.3) is 0 Å². The molecule has 0 radical (unpaired) electrons. The van der Waals surface area contributed by atoms with E-state index >= 15 is 0 Å². The molecule has 2 heterocycles. The topological polar surface area (TPSA) is 75.6 Å². The fourth-order valence-corrected chi connectivity index (χ4v) is 5.66. The van der Waals surface area contributed by atoms with Crippen molar-refractivity contribution >= 4 is 27.6 Å². The monoisotopic (exact) mass is 538 g/mol. The van der Waals surface area contributed by atoms with Crippen molar-refractivity contribution in [2.24, 2.45) is 0 Å². The van der Waals surface area contributed by atoms with E-state index in [1.807, 2.05) is 42.3 Å². The van der Waals surface area contributed by atoms with Gasteiger partial charge >= 0.3 is 0 Å². The minimum absolute atomic E-state index is 0.00209. The zero-order valence-electron chi connectivity index (χ0n) is 20.0. The van der Waals surface area contributed by atoms with Crippen molar-refractivity contribution < 1.29 is 17.5 Å². The highest BCUT2D eigenvalue weighted by Gasteiger charge is 2.32. The van der Waals surface area contributed by atoms with Gasteiger partial charge in [0, 0.05) is 38.1 Å². The Bertz CT molecular complexity index is 1520. The van der Waals surface area contributed by atoms with Gasteiger partial charge in [-0.05, 0) is 42.0 Å². The molecule has 1 aliphatic heterocycles. The minimum atomic E-state index is -3.81. The molecule has 0 unspecified atom stereocenters. The van der Waals surface area contributed by atoms with Crippen LogP contribution in [0.3, 0.4) is 0 Å². The Kier molecular flexibility index (Phi) is 7.10. The third-order valence-electron chi connectivity index (χ3n) is 6.07. The number of para-hydroxylation sites is 1. The smallest absolute Gasteiger partial charge is 0.243 e. The first-order valence-corrected chi connectivity index (χ1v) is 13.5. The van der Waals surface area contributed by atoms with Gasteiger partial charge in [-0.3, -0.25) is 0 Å². The molecule has 0 fully saturated rings. The number of nitrogens with zero attached hydrogens (tertiary/aromatic N) is 4. The van der Waals surface area contributed by atoms with Crippen LogP contribution in [0.4, 0.5) is 10.3 Å². The summed E-state index contributed by atoms with van der Waals surface area (Å²) in [5.41, 5.74) is 2.24. The van der Waals surface area contributed by atoms with Crippen molar-refractivity contribution in [3.8, 4) is 11.6 Å². The van der Waals surface area contributed by atoms with Gasteiger partial charge in [0.25, 0.3) is 0 Å². The largest absolute Gasteiger partial charge is 0.435 e. The lowest BCUT2D eigenvalue weighted by Gasteiger charge is -2.29. The van der Waals surface area contributed by atoms with E-state index in [0.29, 0.717) is 35.2 Å². The normalized spacial score (nSPS) is 13.7. The molecule has 0 bridgehead atoms. The Hall–Kier alpha value is -3.53. The third kappa shape index (κ3) is 5.44. The van der Waals surface area contributed by atoms with Crippen LogP contribution in [0.15, 0.2) is 83.8 Å². The predicted molar refractivity (Wildman–Crippen MR) is 140 cm³/mol. The molecule has 0 N–H and O–H groups in total. The van der Waals surface area contributed by atoms with E-state index in [1.54, 1.807) is 12.1 Å². The van der Waals surface area contributed by atoms with Crippen LogP contribution in [0.1, 0.15) is 16.8 Å². The van der Waals surface area contributed by atoms with Gasteiger partial charge in [-0.2, -0.15) is 9.29 Å². The first-order chi connectivity index (χ1) is 17.8. The molecule has 0 spiro atoms. The Morgan fingerprint density at radius 1 is 1.00 bits per heavy atom. The molecule has 1 aromatic heterocycles. The van der Waals surface area contributed by atoms with Gasteiger partial charge in [-0.1, -0.05) is 54.1 Å². The number of hydrogen-bond acceptors (Lipinski definition) is 6. The zero-order valence-corrected chi connectivity index (χ0v) is 21.6. The van der Waals surface area contributed by atoms with Gasteiger partial charge in [-0.15, -0.1) is 0 Å². The maximum atomic E-state index is 14.5. The number of ether oxygens (including phenoxy) is 1. The number of hydrogen-bond donors (Lipinski definition) is 0. The van der Waals surface area contributed by atoms with E-state index in [4.69, 9.17) is 21.3 Å². The van der Waals surface area contributed by atoms with E-state index in [0.717, 1.165) is 5.56 Å². The molecule has 1 aliphatic rings. The van der Waals surface area contributed by atoms with Crippen LogP contribution in [-0.4, -0.2) is 36.3 Å². The second-order valence-corrected chi connectivity index (χ2v) is 11.0. The van der Waals surface area contributed by atoms with Crippen LogP contribution in [0.2, 0.25) is 5.02 Å². The molecule has 7 nitrogen and oxygen atoms in total. The van der Waals surface area contributed by atoms with Crippen LogP contribution < -0.4 is 9.64 Å². The maximum Gasteiger partial charge on any atom is 0.243 e. The molecule has 0 amide bonds. The number of rotatable bonds is 7. The summed E-state index contributed by atoms with van der Waals surface area (Å²) in [6.45, 7) is 0.776. The van der Waals surface area contributed by atoms with Gasteiger partial charge in [0.15, 0.2) is 11.6 Å². The molecule has 5 rings (SSSR count). The molecule has 0 saturated carbocycles. The standard InChI is InChI=1S/C27H24ClFN4O3S/c1-32(17-19-7-3-2-4-8-19)27-30-24-15-16-33(37(34,35)21-13-11-20(28)12-14-21)18-22(24)26(31-27)36-25-10-6-5-9-23(25)29/h2-14H,15-18H2,1H3. The Balaban J connectivity index is 1.51. The number of sulfonamides is 1. The fraction of sp³-hybridized carbons (Fsp3) is 0.185. The lowest BCUT2D eigenvalue weighted by atomic mass is 10.1. The predicted octanol–water partition coefficient (Wildman–Crippen LogP) is 5.44. The summed E-state index contributed by atoms with van der Waals surface area (Å²) in [7, 11) is -1.94. The van der Waals surface area contributed by atoms with Crippen molar-refractivity contribution in [1.29, 1.82) is 0 Å². The second kappa shape index (κ2) is 10.5. The average Bonchev–Trinajstić information content (AvgIpc) is 2.90. The van der Waals surface area contributed by atoms with E-state index in [1.165, 1.54) is 40.7 Å². The van der Waals surface area contributed by atoms with Gasteiger partial charge in [0.05, 0.1) is 16.2 Å². The van der Waals surface area contributed by atoms with Crippen LogP contribution in [0.5, 0.6) is 11.6 Å². The van der Waals surface area contributed by atoms with Gasteiger partial charge in [0.1, 0.15) is 0 Å². The van der Waals surface area contributed by atoms with E-state index < -0.39 is 15.8 Å². The molecule has 0 saturated heterocycles. The number of benzene rings is 3. The second-order valence-electron chi connectivity index (χ2n) is 8.67.